The molecule has 61 heavy (non-hydrogen) atoms. The van der Waals surface area contributed by atoms with E-state index in [1.807, 2.05) is 0 Å². The second-order valence-electron chi connectivity index (χ2n) is 21.0. The lowest BCUT2D eigenvalue weighted by Crippen LogP contribution is -2.66. The van der Waals surface area contributed by atoms with Crippen molar-refractivity contribution in [1.82, 2.24) is 0 Å². The Labute approximate surface area is 362 Å². The van der Waals surface area contributed by atoms with Crippen LogP contribution in [0.1, 0.15) is 127 Å². The molecule has 1 aliphatic heterocycles. The number of carbonyl (C=O) groups excluding carboxylic acids is 3. The number of esters is 3. The van der Waals surface area contributed by atoms with Gasteiger partial charge in [-0.25, -0.2) is 9.59 Å². The molecule has 10 nitrogen and oxygen atoms in total. The molecule has 1 heterocycles. The van der Waals surface area contributed by atoms with Gasteiger partial charge in [0.05, 0.1) is 29.8 Å². The summed E-state index contributed by atoms with van der Waals surface area (Å²) < 4.78 is 30.2. The third-order valence-corrected chi connectivity index (χ3v) is 18.1. The minimum atomic E-state index is -1.52. The lowest BCUT2D eigenvalue weighted by molar-refractivity contribution is -0.329. The molecule has 15 atom stereocenters. The predicted octanol–water partition coefficient (Wildman–Crippen LogP) is 8.73. The SMILES string of the molecule is COC(=O)[C@]12CC[C@@H](C)[C@H](C)[C@H]1C1=CC[C@@H]3[C@@]4(C)CC[C@H](O[C@@H]5O[C@H](COC(=O)c6ccccc6)[C@@H](O)[C@H](OC(=O)c6ccccc6)[C@H]5O)C(C)(C)[C@@H]4CC[C@@]3(C)[C@]1(C)CC2. The highest BCUT2D eigenvalue weighted by Gasteiger charge is 2.70. The van der Waals surface area contributed by atoms with Gasteiger partial charge < -0.3 is 33.9 Å². The molecular formula is C51H68O10. The van der Waals surface area contributed by atoms with E-state index in [-0.39, 0.29) is 51.8 Å². The molecule has 0 radical (unpaired) electrons. The molecule has 4 saturated carbocycles. The van der Waals surface area contributed by atoms with E-state index in [2.05, 4.69) is 54.5 Å². The van der Waals surface area contributed by atoms with Crippen LogP contribution in [0.25, 0.3) is 0 Å². The molecule has 6 aliphatic rings. The fourth-order valence-corrected chi connectivity index (χ4v) is 14.3. The van der Waals surface area contributed by atoms with E-state index in [0.717, 1.165) is 57.8 Å². The van der Waals surface area contributed by atoms with Crippen molar-refractivity contribution < 1.29 is 48.3 Å². The molecule has 2 N–H and O–H groups in total. The van der Waals surface area contributed by atoms with E-state index in [4.69, 9.17) is 23.7 Å². The standard InChI is InChI=1S/C51H68O10/c1-30-21-26-51(46(56)57-8)28-27-49(6)34(39(51)31(30)2)19-20-37-48(5)24-23-38(47(3,4)36(48)22-25-50(37,49)7)60-45-41(53)42(61-44(55)33-17-13-10-14-18-33)40(52)35(59-45)29-58-43(54)32-15-11-9-12-16-32/h9-19,30-31,35-42,45,52-53H,20-29H2,1-8H3/t30-,31+,35-,36+,37-,38+,39+,40-,41-,42+,45+,48+,49-,50-,51+/m1/s1. The van der Waals surface area contributed by atoms with E-state index in [9.17, 15) is 24.6 Å². The monoisotopic (exact) mass is 840 g/mol. The summed E-state index contributed by atoms with van der Waals surface area (Å²) in [5.74, 6) is 0.524. The lowest BCUT2D eigenvalue weighted by Gasteiger charge is -2.71. The topological polar surface area (TPSA) is 138 Å². The number of methoxy groups -OCH3 is 1. The Kier molecular flexibility index (Phi) is 11.7. The van der Waals surface area contributed by atoms with Crippen molar-refractivity contribution in [3.8, 4) is 0 Å². The number of hydrogen-bond donors (Lipinski definition) is 2. The van der Waals surface area contributed by atoms with Gasteiger partial charge in [-0.3, -0.25) is 4.79 Å². The van der Waals surface area contributed by atoms with E-state index in [1.54, 1.807) is 67.8 Å². The summed E-state index contributed by atoms with van der Waals surface area (Å²) in [4.78, 5) is 40.0. The number of fused-ring (bicyclic) bond motifs is 7. The zero-order chi connectivity index (χ0) is 43.7. The Bertz CT molecular complexity index is 1980. The summed E-state index contributed by atoms with van der Waals surface area (Å²) in [7, 11) is 1.56. The lowest BCUT2D eigenvalue weighted by atomic mass is 9.33. The first kappa shape index (κ1) is 44.1. The molecule has 5 fully saturated rings. The minimum absolute atomic E-state index is 0.00604. The van der Waals surface area contributed by atoms with Gasteiger partial charge in [0, 0.05) is 0 Å². The molecular weight excluding hydrogens is 773 g/mol. The largest absolute Gasteiger partial charge is 0.469 e. The summed E-state index contributed by atoms with van der Waals surface area (Å²) in [6.45, 7) is 16.5. The number of ether oxygens (including phenoxy) is 5. The number of allylic oxidation sites excluding steroid dienone is 2. The molecule has 2 aromatic rings. The Hall–Kier alpha value is -3.57. The van der Waals surface area contributed by atoms with Crippen LogP contribution in [0.4, 0.5) is 0 Å². The Morgan fingerprint density at radius 1 is 0.770 bits per heavy atom. The summed E-state index contributed by atoms with van der Waals surface area (Å²) in [5, 5.41) is 23.4. The van der Waals surface area contributed by atoms with Crippen molar-refractivity contribution in [1.29, 1.82) is 0 Å². The highest BCUT2D eigenvalue weighted by molar-refractivity contribution is 5.90. The third-order valence-electron chi connectivity index (χ3n) is 18.1. The van der Waals surface area contributed by atoms with E-state index < -0.39 is 48.1 Å². The van der Waals surface area contributed by atoms with Gasteiger partial charge >= 0.3 is 17.9 Å². The van der Waals surface area contributed by atoms with Crippen molar-refractivity contribution >= 4 is 17.9 Å². The molecule has 5 aliphatic carbocycles. The number of benzene rings is 2. The first-order valence-electron chi connectivity index (χ1n) is 22.9. The molecule has 0 aromatic heterocycles. The maximum absolute atomic E-state index is 13.8. The predicted molar refractivity (Wildman–Crippen MR) is 229 cm³/mol. The Morgan fingerprint density at radius 2 is 1.43 bits per heavy atom. The molecule has 332 valence electrons. The first-order valence-corrected chi connectivity index (χ1v) is 22.9. The van der Waals surface area contributed by atoms with Crippen molar-refractivity contribution in [2.75, 3.05) is 13.7 Å². The van der Waals surface area contributed by atoms with Crippen LogP contribution in [0.5, 0.6) is 0 Å². The maximum atomic E-state index is 13.8. The minimum Gasteiger partial charge on any atom is -0.469 e. The zero-order valence-corrected chi connectivity index (χ0v) is 37.4. The summed E-state index contributed by atoms with van der Waals surface area (Å²) >= 11 is 0. The van der Waals surface area contributed by atoms with Crippen LogP contribution >= 0.6 is 0 Å². The van der Waals surface area contributed by atoms with Crippen LogP contribution in [-0.4, -0.2) is 78.6 Å². The van der Waals surface area contributed by atoms with Crippen molar-refractivity contribution in [2.45, 2.75) is 143 Å². The second kappa shape index (κ2) is 16.2. The van der Waals surface area contributed by atoms with Gasteiger partial charge in [0.25, 0.3) is 0 Å². The number of carbonyl (C=O) groups is 3. The fourth-order valence-electron chi connectivity index (χ4n) is 14.3. The summed E-state index contributed by atoms with van der Waals surface area (Å²) in [6.07, 6.45) is 3.90. The Morgan fingerprint density at radius 3 is 2.08 bits per heavy atom. The summed E-state index contributed by atoms with van der Waals surface area (Å²) in [5.41, 5.74) is 1.33. The Balaban J connectivity index is 1.04. The van der Waals surface area contributed by atoms with Crippen molar-refractivity contribution in [3.05, 3.63) is 83.4 Å². The molecule has 0 bridgehead atoms. The van der Waals surface area contributed by atoms with Gasteiger partial charge in [0.15, 0.2) is 12.4 Å². The van der Waals surface area contributed by atoms with E-state index in [0.29, 0.717) is 29.2 Å². The quantitative estimate of drug-likeness (QED) is 0.115. The van der Waals surface area contributed by atoms with Gasteiger partial charge in [0.1, 0.15) is 24.9 Å². The molecule has 10 heteroatoms. The van der Waals surface area contributed by atoms with Crippen LogP contribution in [-0.2, 0) is 28.5 Å². The smallest absolute Gasteiger partial charge is 0.338 e. The van der Waals surface area contributed by atoms with Crippen LogP contribution in [0, 0.1) is 56.7 Å². The summed E-state index contributed by atoms with van der Waals surface area (Å²) in [6, 6.07) is 17.0. The maximum Gasteiger partial charge on any atom is 0.338 e. The van der Waals surface area contributed by atoms with Crippen LogP contribution in [0.3, 0.4) is 0 Å². The van der Waals surface area contributed by atoms with Gasteiger partial charge in [-0.2, -0.15) is 0 Å². The number of hydrogen-bond acceptors (Lipinski definition) is 10. The fraction of sp³-hybridized carbons (Fsp3) is 0.667. The average Bonchev–Trinajstić information content (AvgIpc) is 3.25. The van der Waals surface area contributed by atoms with Crippen LogP contribution < -0.4 is 0 Å². The first-order chi connectivity index (χ1) is 28.9. The van der Waals surface area contributed by atoms with Crippen LogP contribution in [0.2, 0.25) is 0 Å². The molecule has 8 rings (SSSR count). The van der Waals surface area contributed by atoms with Gasteiger partial charge in [-0.15, -0.1) is 0 Å². The highest BCUT2D eigenvalue weighted by Crippen LogP contribution is 2.76. The molecule has 0 amide bonds. The molecule has 2 aromatic carbocycles. The van der Waals surface area contributed by atoms with E-state index in [1.165, 1.54) is 5.57 Å². The second-order valence-corrected chi connectivity index (χ2v) is 21.0. The van der Waals surface area contributed by atoms with Gasteiger partial charge in [-0.1, -0.05) is 96.5 Å². The van der Waals surface area contributed by atoms with Gasteiger partial charge in [0.2, 0.25) is 0 Å². The highest BCUT2D eigenvalue weighted by atomic mass is 16.7. The van der Waals surface area contributed by atoms with Crippen molar-refractivity contribution in [2.24, 2.45) is 56.7 Å². The molecule has 0 spiro atoms. The number of rotatable bonds is 8. The van der Waals surface area contributed by atoms with Gasteiger partial charge in [-0.05, 0) is 133 Å². The number of aliphatic hydroxyl groups is 2. The number of aliphatic hydroxyl groups excluding tert-OH is 2. The van der Waals surface area contributed by atoms with Crippen LogP contribution in [0.15, 0.2) is 72.3 Å². The molecule has 1 saturated heterocycles. The average molecular weight is 841 g/mol. The normalized spacial score (nSPS) is 42.6. The third kappa shape index (κ3) is 7.01. The van der Waals surface area contributed by atoms with Crippen molar-refractivity contribution in [3.63, 3.8) is 0 Å². The molecule has 0 unspecified atom stereocenters. The van der Waals surface area contributed by atoms with E-state index >= 15 is 0 Å². The zero-order valence-electron chi connectivity index (χ0n) is 37.4.